The monoisotopic (exact) mass is 318 g/mol. The van der Waals surface area contributed by atoms with Crippen molar-refractivity contribution >= 4 is 23.5 Å². The van der Waals surface area contributed by atoms with Crippen LogP contribution >= 0.6 is 0 Å². The number of para-hydroxylation sites is 1. The van der Waals surface area contributed by atoms with E-state index >= 15 is 0 Å². The Labute approximate surface area is 133 Å². The first-order chi connectivity index (χ1) is 11.0. The van der Waals surface area contributed by atoms with Crippen molar-refractivity contribution in [2.75, 3.05) is 24.7 Å². The highest BCUT2D eigenvalue weighted by Gasteiger charge is 2.42. The van der Waals surface area contributed by atoms with Crippen LogP contribution in [0.2, 0.25) is 0 Å². The lowest BCUT2D eigenvalue weighted by atomic mass is 10.1. The molecule has 1 unspecified atom stereocenters. The van der Waals surface area contributed by atoms with Crippen LogP contribution in [0.5, 0.6) is 0 Å². The molecule has 1 aromatic rings. The summed E-state index contributed by atoms with van der Waals surface area (Å²) in [7, 11) is 0. The van der Waals surface area contributed by atoms with Crippen molar-refractivity contribution in [3.63, 3.8) is 0 Å². The number of carboxylic acid groups (broad SMARTS) is 1. The molecular formula is C16H18N2O5. The van der Waals surface area contributed by atoms with E-state index in [0.29, 0.717) is 13.0 Å². The zero-order valence-corrected chi connectivity index (χ0v) is 12.8. The fraction of sp³-hybridized carbons (Fsp3) is 0.438. The molecule has 2 heterocycles. The molecule has 0 aliphatic carbocycles. The Hall–Kier alpha value is -2.41. The quantitative estimate of drug-likeness (QED) is 0.846. The third-order valence-corrected chi connectivity index (χ3v) is 4.30. The van der Waals surface area contributed by atoms with Gasteiger partial charge in [0, 0.05) is 25.6 Å². The fourth-order valence-corrected chi connectivity index (χ4v) is 3.24. The largest absolute Gasteiger partial charge is 0.480 e. The highest BCUT2D eigenvalue weighted by molar-refractivity contribution is 6.03. The normalized spacial score (nSPS) is 23.5. The highest BCUT2D eigenvalue weighted by atomic mass is 16.5. The SMILES string of the molecule is CC(=O)N1c2ccccc2C[C@H]1C(=O)N1CCOCC1C(=O)O. The van der Waals surface area contributed by atoms with Gasteiger partial charge in [0.15, 0.2) is 6.04 Å². The molecule has 2 amide bonds. The van der Waals surface area contributed by atoms with Gasteiger partial charge in [0.2, 0.25) is 11.8 Å². The number of amides is 2. The average molecular weight is 318 g/mol. The lowest BCUT2D eigenvalue weighted by Crippen LogP contribution is -2.58. The molecule has 0 radical (unpaired) electrons. The van der Waals surface area contributed by atoms with E-state index in [1.807, 2.05) is 18.2 Å². The summed E-state index contributed by atoms with van der Waals surface area (Å²) in [5, 5.41) is 9.29. The van der Waals surface area contributed by atoms with E-state index in [2.05, 4.69) is 0 Å². The molecule has 0 bridgehead atoms. The summed E-state index contributed by atoms with van der Waals surface area (Å²) in [5.41, 5.74) is 1.64. The van der Waals surface area contributed by atoms with Gasteiger partial charge in [0.25, 0.3) is 0 Å². The number of aliphatic carboxylic acids is 1. The van der Waals surface area contributed by atoms with E-state index in [-0.39, 0.29) is 25.0 Å². The maximum absolute atomic E-state index is 12.9. The summed E-state index contributed by atoms with van der Waals surface area (Å²) < 4.78 is 5.17. The molecule has 2 atom stereocenters. The molecule has 1 fully saturated rings. The molecule has 7 nitrogen and oxygen atoms in total. The van der Waals surface area contributed by atoms with Crippen molar-refractivity contribution in [1.82, 2.24) is 4.90 Å². The summed E-state index contributed by atoms with van der Waals surface area (Å²) in [5.74, 6) is -1.66. The minimum Gasteiger partial charge on any atom is -0.480 e. The van der Waals surface area contributed by atoms with E-state index in [4.69, 9.17) is 4.74 Å². The smallest absolute Gasteiger partial charge is 0.328 e. The van der Waals surface area contributed by atoms with Crippen LogP contribution in [0.15, 0.2) is 24.3 Å². The second kappa shape index (κ2) is 6.00. The topological polar surface area (TPSA) is 87.2 Å². The van der Waals surface area contributed by atoms with E-state index in [1.165, 1.54) is 16.7 Å². The van der Waals surface area contributed by atoms with Crippen molar-refractivity contribution in [3.05, 3.63) is 29.8 Å². The fourth-order valence-electron chi connectivity index (χ4n) is 3.24. The van der Waals surface area contributed by atoms with Gasteiger partial charge in [0.1, 0.15) is 6.04 Å². The Morgan fingerprint density at radius 3 is 2.65 bits per heavy atom. The van der Waals surface area contributed by atoms with Crippen molar-refractivity contribution in [2.45, 2.75) is 25.4 Å². The van der Waals surface area contributed by atoms with Gasteiger partial charge in [-0.2, -0.15) is 0 Å². The third-order valence-electron chi connectivity index (χ3n) is 4.30. The van der Waals surface area contributed by atoms with E-state index < -0.39 is 18.1 Å². The summed E-state index contributed by atoms with van der Waals surface area (Å²) in [6, 6.07) is 5.67. The van der Waals surface area contributed by atoms with Crippen LogP contribution in [0.1, 0.15) is 12.5 Å². The first-order valence-electron chi connectivity index (χ1n) is 7.49. The summed E-state index contributed by atoms with van der Waals surface area (Å²) in [4.78, 5) is 39.1. The van der Waals surface area contributed by atoms with E-state index in [9.17, 15) is 19.5 Å². The van der Waals surface area contributed by atoms with Crippen LogP contribution in [0, 0.1) is 0 Å². The van der Waals surface area contributed by atoms with Crippen LogP contribution in [0.3, 0.4) is 0 Å². The lowest BCUT2D eigenvalue weighted by Gasteiger charge is -2.36. The number of carbonyl (C=O) groups is 3. The molecule has 0 spiro atoms. The Balaban J connectivity index is 1.90. The van der Waals surface area contributed by atoms with Gasteiger partial charge in [-0.25, -0.2) is 4.79 Å². The molecule has 3 rings (SSSR count). The molecule has 0 saturated carbocycles. The first-order valence-corrected chi connectivity index (χ1v) is 7.49. The van der Waals surface area contributed by atoms with Gasteiger partial charge in [-0.05, 0) is 11.6 Å². The molecule has 1 aromatic carbocycles. The molecule has 2 aliphatic heterocycles. The number of benzene rings is 1. The van der Waals surface area contributed by atoms with Crippen LogP contribution in [0.4, 0.5) is 5.69 Å². The summed E-state index contributed by atoms with van der Waals surface area (Å²) >= 11 is 0. The van der Waals surface area contributed by atoms with Crippen LogP contribution in [-0.2, 0) is 25.5 Å². The number of carbonyl (C=O) groups excluding carboxylic acids is 2. The number of rotatable bonds is 2. The number of hydrogen-bond acceptors (Lipinski definition) is 4. The maximum Gasteiger partial charge on any atom is 0.328 e. The molecule has 23 heavy (non-hydrogen) atoms. The molecule has 1 saturated heterocycles. The van der Waals surface area contributed by atoms with Gasteiger partial charge < -0.3 is 14.7 Å². The number of ether oxygens (including phenoxy) is 1. The summed E-state index contributed by atoms with van der Waals surface area (Å²) in [6.45, 7) is 1.90. The molecule has 2 aliphatic rings. The Morgan fingerprint density at radius 1 is 1.22 bits per heavy atom. The van der Waals surface area contributed by atoms with Crippen LogP contribution < -0.4 is 4.90 Å². The Kier molecular flexibility index (Phi) is 4.04. The minimum atomic E-state index is -1.09. The van der Waals surface area contributed by atoms with Gasteiger partial charge in [-0.1, -0.05) is 18.2 Å². The average Bonchev–Trinajstić information content (AvgIpc) is 2.93. The molecule has 0 aromatic heterocycles. The highest BCUT2D eigenvalue weighted by Crippen LogP contribution is 2.33. The van der Waals surface area contributed by atoms with Crippen molar-refractivity contribution in [3.8, 4) is 0 Å². The number of fused-ring (bicyclic) bond motifs is 1. The van der Waals surface area contributed by atoms with Gasteiger partial charge >= 0.3 is 5.97 Å². The van der Waals surface area contributed by atoms with Crippen molar-refractivity contribution in [1.29, 1.82) is 0 Å². The zero-order valence-electron chi connectivity index (χ0n) is 12.8. The third kappa shape index (κ3) is 2.68. The predicted octanol–water partition coefficient (Wildman–Crippen LogP) is 0.276. The number of morpholine rings is 1. The molecular weight excluding hydrogens is 300 g/mol. The van der Waals surface area contributed by atoms with Gasteiger partial charge in [0.05, 0.1) is 13.2 Å². The molecule has 122 valence electrons. The van der Waals surface area contributed by atoms with E-state index in [0.717, 1.165) is 11.3 Å². The van der Waals surface area contributed by atoms with Gasteiger partial charge in [-0.15, -0.1) is 0 Å². The summed E-state index contributed by atoms with van der Waals surface area (Å²) in [6.07, 6.45) is 0.401. The second-order valence-corrected chi connectivity index (χ2v) is 5.70. The van der Waals surface area contributed by atoms with Crippen LogP contribution in [0.25, 0.3) is 0 Å². The van der Waals surface area contributed by atoms with E-state index in [1.54, 1.807) is 6.07 Å². The standard InChI is InChI=1S/C16H18N2O5/c1-10(19)18-12-5-3-2-4-11(12)8-13(18)15(20)17-6-7-23-9-14(17)16(21)22/h2-5,13-14H,6-9H2,1H3,(H,21,22)/t13-,14?/m0/s1. The second-order valence-electron chi connectivity index (χ2n) is 5.70. The number of carboxylic acids is 1. The first kappa shape index (κ1) is 15.5. The zero-order chi connectivity index (χ0) is 16.6. The van der Waals surface area contributed by atoms with Crippen molar-refractivity contribution < 1.29 is 24.2 Å². The predicted molar refractivity (Wildman–Crippen MR) is 81.0 cm³/mol. The van der Waals surface area contributed by atoms with Gasteiger partial charge in [-0.3, -0.25) is 14.5 Å². The lowest BCUT2D eigenvalue weighted by molar-refractivity contribution is -0.158. The number of nitrogens with zero attached hydrogens (tertiary/aromatic N) is 2. The molecule has 7 heteroatoms. The minimum absolute atomic E-state index is 0.0270. The number of hydrogen-bond donors (Lipinski definition) is 1. The number of anilines is 1. The van der Waals surface area contributed by atoms with Crippen molar-refractivity contribution in [2.24, 2.45) is 0 Å². The Morgan fingerprint density at radius 2 is 1.96 bits per heavy atom. The Bertz CT molecular complexity index is 660. The van der Waals surface area contributed by atoms with Crippen LogP contribution in [-0.4, -0.2) is 59.6 Å². The maximum atomic E-state index is 12.9. The molecule has 1 N–H and O–H groups in total.